The van der Waals surface area contributed by atoms with Crippen LogP contribution in [-0.4, -0.2) is 131 Å². The van der Waals surface area contributed by atoms with Crippen molar-refractivity contribution >= 4 is 34.5 Å². The van der Waals surface area contributed by atoms with E-state index >= 15 is 0 Å². The molecule has 0 unspecified atom stereocenters. The van der Waals surface area contributed by atoms with Gasteiger partial charge in [0.25, 0.3) is 5.91 Å². The highest BCUT2D eigenvalue weighted by molar-refractivity contribution is 5.93. The summed E-state index contributed by atoms with van der Waals surface area (Å²) in [5.41, 5.74) is 16.1. The Balaban J connectivity index is 0.000000196. The standard InChI is InChI=1S/C26H30N6O3.C22H19N5O3/c1-30(2)11-5-6-23(33)31-12-9-19(17-31)26-29-22(24-25(27)28-10-13-32(24)26)8-7-18-14-20(34-3)16-21(15-18)35-4;1-4-19(28)26-12-15(13-26)22-25-18(20-21(23)24-7-8-27(20)22)6-5-14-9-16(29-2)11-17(10-14)30-3/h5-6,10,13-16,19H,9,11-12,17H2,1-4H3,(H2,27,28);1,7-11,15H,12-13H2,2-3H3,(H2,23,24)/b6-5+;/t19-;/m0./s1. The number of imidazole rings is 2. The lowest BCUT2D eigenvalue weighted by molar-refractivity contribution is -0.129. The number of terminal acetylenes is 1. The number of likely N-dealkylation sites (N-methyl/N-ethyl adjacent to an activating group) is 1. The molecular formula is C48H49N11O6. The number of ether oxygens (including phenoxy) is 4. The van der Waals surface area contributed by atoms with Crippen LogP contribution >= 0.6 is 0 Å². The van der Waals surface area contributed by atoms with Gasteiger partial charge in [-0.05, 0) is 62.5 Å². The van der Waals surface area contributed by atoms with E-state index in [1.54, 1.807) is 70.1 Å². The molecule has 332 valence electrons. The molecule has 0 aliphatic carbocycles. The van der Waals surface area contributed by atoms with Gasteiger partial charge >= 0.3 is 0 Å². The molecule has 0 spiro atoms. The zero-order chi connectivity index (χ0) is 46.2. The number of carbonyl (C=O) groups excluding carboxylic acids is 2. The van der Waals surface area contributed by atoms with Crippen molar-refractivity contribution < 1.29 is 28.5 Å². The van der Waals surface area contributed by atoms with Gasteiger partial charge in [-0.25, -0.2) is 19.9 Å². The summed E-state index contributed by atoms with van der Waals surface area (Å²) in [6.45, 7) is 3.00. The average Bonchev–Trinajstić information content (AvgIpc) is 4.04. The van der Waals surface area contributed by atoms with Crippen molar-refractivity contribution in [2.75, 3.05) is 86.7 Å². The summed E-state index contributed by atoms with van der Waals surface area (Å²) in [6.07, 6.45) is 16.4. The highest BCUT2D eigenvalue weighted by Crippen LogP contribution is 2.32. The van der Waals surface area contributed by atoms with Crippen LogP contribution in [0.3, 0.4) is 0 Å². The first-order valence-corrected chi connectivity index (χ1v) is 20.5. The van der Waals surface area contributed by atoms with Gasteiger partial charge in [-0.3, -0.25) is 18.4 Å². The van der Waals surface area contributed by atoms with Crippen LogP contribution in [0.2, 0.25) is 0 Å². The molecule has 6 aromatic rings. The SMILES string of the molecule is C#CC(=O)N1CC(c2nc(C#Cc3cc(OC)cc(OC)c3)c3c(N)nccn23)C1.COc1cc(C#Cc2nc([C@H]3CCN(C(=O)/C=C/CN(C)C)C3)n3ccnc(N)c23)cc(OC)c1. The van der Waals surface area contributed by atoms with Gasteiger partial charge in [0.1, 0.15) is 57.1 Å². The van der Waals surface area contributed by atoms with Crippen LogP contribution in [0.15, 0.2) is 73.3 Å². The van der Waals surface area contributed by atoms with Gasteiger partial charge in [0.05, 0.1) is 34.4 Å². The number of amides is 2. The molecule has 17 nitrogen and oxygen atoms in total. The fraction of sp³-hybridized carbons (Fsp3) is 0.292. The average molecular weight is 876 g/mol. The van der Waals surface area contributed by atoms with E-state index in [0.29, 0.717) is 88.8 Å². The summed E-state index contributed by atoms with van der Waals surface area (Å²) in [6, 6.07) is 10.9. The Kier molecular flexibility index (Phi) is 13.7. The zero-order valence-corrected chi connectivity index (χ0v) is 37.0. The number of methoxy groups -OCH3 is 4. The maximum absolute atomic E-state index is 12.6. The second kappa shape index (κ2) is 19.9. The van der Waals surface area contributed by atoms with E-state index in [4.69, 9.17) is 46.8 Å². The summed E-state index contributed by atoms with van der Waals surface area (Å²) < 4.78 is 25.1. The first kappa shape index (κ1) is 44.8. The van der Waals surface area contributed by atoms with Gasteiger partial charge < -0.3 is 45.1 Å². The third kappa shape index (κ3) is 10.0. The fourth-order valence-corrected chi connectivity index (χ4v) is 7.49. The monoisotopic (exact) mass is 875 g/mol. The number of carbonyl (C=O) groups is 2. The third-order valence-corrected chi connectivity index (χ3v) is 10.8. The number of likely N-dealkylation sites (tertiary alicyclic amines) is 2. The minimum Gasteiger partial charge on any atom is -0.497 e. The fourth-order valence-electron chi connectivity index (χ4n) is 7.49. The molecule has 4 aromatic heterocycles. The van der Waals surface area contributed by atoms with Crippen LogP contribution in [0, 0.1) is 36.0 Å². The van der Waals surface area contributed by atoms with E-state index in [9.17, 15) is 9.59 Å². The Bertz CT molecular complexity index is 2910. The van der Waals surface area contributed by atoms with E-state index < -0.39 is 0 Å². The molecule has 6 heterocycles. The summed E-state index contributed by atoms with van der Waals surface area (Å²) in [5, 5.41) is 0. The molecule has 1 atom stereocenters. The first-order valence-electron chi connectivity index (χ1n) is 20.5. The normalized spacial score (nSPS) is 14.5. The van der Waals surface area contributed by atoms with Gasteiger partial charge in [-0.2, -0.15) is 0 Å². The lowest BCUT2D eigenvalue weighted by Crippen LogP contribution is -2.48. The Labute approximate surface area is 377 Å². The number of hydrogen-bond acceptors (Lipinski definition) is 13. The summed E-state index contributed by atoms with van der Waals surface area (Å²) in [5.74, 6) is 19.3. The maximum Gasteiger partial charge on any atom is 0.298 e. The van der Waals surface area contributed by atoms with E-state index in [-0.39, 0.29) is 23.7 Å². The largest absolute Gasteiger partial charge is 0.497 e. The van der Waals surface area contributed by atoms with Gasteiger partial charge in [0, 0.05) is 92.8 Å². The summed E-state index contributed by atoms with van der Waals surface area (Å²) >= 11 is 0. The Morgan fingerprint density at radius 1 is 0.723 bits per heavy atom. The summed E-state index contributed by atoms with van der Waals surface area (Å²) in [7, 11) is 10.3. The number of benzene rings is 2. The Morgan fingerprint density at radius 2 is 1.18 bits per heavy atom. The molecule has 8 rings (SSSR count). The highest BCUT2D eigenvalue weighted by atomic mass is 16.5. The van der Waals surface area contributed by atoms with Crippen molar-refractivity contribution in [1.29, 1.82) is 0 Å². The Morgan fingerprint density at radius 3 is 1.63 bits per heavy atom. The van der Waals surface area contributed by atoms with Crippen molar-refractivity contribution in [1.82, 2.24) is 43.4 Å². The molecule has 0 radical (unpaired) electrons. The number of anilines is 2. The van der Waals surface area contributed by atoms with Gasteiger partial charge in [0.15, 0.2) is 11.6 Å². The third-order valence-electron chi connectivity index (χ3n) is 10.8. The number of rotatable bonds is 9. The molecule has 4 N–H and O–H groups in total. The molecular weight excluding hydrogens is 827 g/mol. The second-order valence-corrected chi connectivity index (χ2v) is 15.4. The second-order valence-electron chi connectivity index (χ2n) is 15.4. The van der Waals surface area contributed by atoms with Crippen LogP contribution < -0.4 is 30.4 Å². The van der Waals surface area contributed by atoms with Crippen LogP contribution in [0.25, 0.3) is 11.0 Å². The predicted molar refractivity (Wildman–Crippen MR) is 246 cm³/mol. The molecule has 2 fully saturated rings. The number of aromatic nitrogens is 6. The molecule has 0 bridgehead atoms. The van der Waals surface area contributed by atoms with Crippen molar-refractivity contribution in [3.63, 3.8) is 0 Å². The lowest BCUT2D eigenvalue weighted by Gasteiger charge is -2.37. The van der Waals surface area contributed by atoms with Gasteiger partial charge in [0.2, 0.25) is 5.91 Å². The van der Waals surface area contributed by atoms with Crippen LogP contribution in [0.4, 0.5) is 11.6 Å². The van der Waals surface area contributed by atoms with E-state index in [1.807, 2.05) is 69.2 Å². The number of nitrogens with two attached hydrogens (primary N) is 2. The molecule has 2 aliphatic rings. The number of nitrogens with zero attached hydrogens (tertiary/aromatic N) is 9. The smallest absolute Gasteiger partial charge is 0.298 e. The molecule has 2 aliphatic heterocycles. The molecule has 17 heteroatoms. The van der Waals surface area contributed by atoms with Crippen LogP contribution in [0.5, 0.6) is 23.0 Å². The van der Waals surface area contributed by atoms with Crippen molar-refractivity contribution in [2.45, 2.75) is 18.3 Å². The van der Waals surface area contributed by atoms with Crippen molar-refractivity contribution in [3.05, 3.63) is 108 Å². The zero-order valence-electron chi connectivity index (χ0n) is 37.0. The quantitative estimate of drug-likeness (QED) is 0.159. The van der Waals surface area contributed by atoms with E-state index in [0.717, 1.165) is 30.2 Å². The molecule has 2 saturated heterocycles. The lowest BCUT2D eigenvalue weighted by atomic mass is 9.99. The molecule has 2 aromatic carbocycles. The first-order chi connectivity index (χ1) is 31.4. The minimum absolute atomic E-state index is 0.0170. The number of hydrogen-bond donors (Lipinski definition) is 2. The van der Waals surface area contributed by atoms with Crippen LogP contribution in [0.1, 0.15) is 52.4 Å². The van der Waals surface area contributed by atoms with Crippen molar-refractivity contribution in [2.24, 2.45) is 0 Å². The topological polar surface area (TPSA) is 193 Å². The number of nitrogen functional groups attached to an aromatic ring is 2. The predicted octanol–water partition coefficient (Wildman–Crippen LogP) is 3.45. The summed E-state index contributed by atoms with van der Waals surface area (Å²) in [4.78, 5) is 47.7. The highest BCUT2D eigenvalue weighted by Gasteiger charge is 2.35. The molecule has 2 amide bonds. The number of fused-ring (bicyclic) bond motifs is 2. The van der Waals surface area contributed by atoms with Crippen LogP contribution in [-0.2, 0) is 9.59 Å². The van der Waals surface area contributed by atoms with Gasteiger partial charge in [-0.1, -0.05) is 17.9 Å². The van der Waals surface area contributed by atoms with E-state index in [1.165, 1.54) is 0 Å². The molecule has 65 heavy (non-hydrogen) atoms. The maximum atomic E-state index is 12.6. The van der Waals surface area contributed by atoms with Crippen molar-refractivity contribution in [3.8, 4) is 59.0 Å². The van der Waals surface area contributed by atoms with Gasteiger partial charge in [-0.15, -0.1) is 6.42 Å². The van der Waals surface area contributed by atoms with E-state index in [2.05, 4.69) is 39.6 Å². The molecule has 0 saturated carbocycles. The Hall–Kier alpha value is -8.20. The minimum atomic E-state index is -0.319.